The first-order valence-corrected chi connectivity index (χ1v) is 17.2. The summed E-state index contributed by atoms with van der Waals surface area (Å²) >= 11 is 1.30. The Morgan fingerprint density at radius 1 is 0.761 bits per heavy atom. The summed E-state index contributed by atoms with van der Waals surface area (Å²) in [6.07, 6.45) is 6.68. The van der Waals surface area contributed by atoms with E-state index in [-0.39, 0.29) is 35.6 Å². The van der Waals surface area contributed by atoms with Crippen molar-refractivity contribution >= 4 is 34.6 Å². The minimum Gasteiger partial charge on any atom is -0.184 e. The van der Waals surface area contributed by atoms with Gasteiger partial charge in [0, 0.05) is 0 Å². The molecule has 1 atom stereocenters. The van der Waals surface area contributed by atoms with E-state index in [1.807, 2.05) is 36.4 Å². The number of fused-ring (bicyclic) bond motifs is 3. The van der Waals surface area contributed by atoms with Crippen LogP contribution in [0.2, 0.25) is 0 Å². The molecule has 4 aromatic rings. The molecule has 0 nitrogen and oxygen atoms in total. The number of hydrogen-bond donors (Lipinski definition) is 0. The molecular weight excluding hydrogens is 679 g/mol. The zero-order valence-electron chi connectivity index (χ0n) is 29.3. The van der Waals surface area contributed by atoms with Crippen LogP contribution in [-0.2, 0) is 41.5 Å². The molecule has 3 heteroatoms. The van der Waals surface area contributed by atoms with E-state index in [1.165, 1.54) is 74.3 Å². The molecule has 246 valence electrons. The number of rotatable bonds is 1. The normalized spacial score (nSPS) is 13.6. The minimum absolute atomic E-state index is 0. The van der Waals surface area contributed by atoms with Crippen LogP contribution in [-0.4, -0.2) is 4.21 Å². The molecule has 0 amide bonds. The van der Waals surface area contributed by atoms with Gasteiger partial charge in [-0.1, -0.05) is 115 Å². The van der Waals surface area contributed by atoms with E-state index in [4.69, 9.17) is 0 Å². The third kappa shape index (κ3) is 12.7. The quantitative estimate of drug-likeness (QED) is 0.151. The first kappa shape index (κ1) is 43.7. The number of benzene rings is 4. The summed E-state index contributed by atoms with van der Waals surface area (Å²) in [5.41, 5.74) is 12.6. The zero-order valence-corrected chi connectivity index (χ0v) is 33.3. The predicted molar refractivity (Wildman–Crippen MR) is 205 cm³/mol. The van der Waals surface area contributed by atoms with Crippen molar-refractivity contribution in [1.29, 1.82) is 0 Å². The maximum absolute atomic E-state index is 3.67. The average Bonchev–Trinajstić information content (AvgIpc) is 3.57. The molecular formula is C43H52Cl2Zr-4. The third-order valence-corrected chi connectivity index (χ3v) is 7.42. The van der Waals surface area contributed by atoms with E-state index in [0.29, 0.717) is 5.92 Å². The number of allylic oxidation sites excluding steroid dienone is 4. The molecule has 0 aromatic heterocycles. The van der Waals surface area contributed by atoms with Gasteiger partial charge in [0.05, 0.1) is 0 Å². The van der Waals surface area contributed by atoms with Crippen molar-refractivity contribution in [3.8, 4) is 11.1 Å². The second kappa shape index (κ2) is 20.8. The van der Waals surface area contributed by atoms with Gasteiger partial charge < -0.3 is 6.92 Å². The molecule has 2 aliphatic carbocycles. The summed E-state index contributed by atoms with van der Waals surface area (Å²) < 4.78 is 3.34. The summed E-state index contributed by atoms with van der Waals surface area (Å²) in [7, 11) is 0. The molecule has 0 radical (unpaired) electrons. The number of hydrogen-bond acceptors (Lipinski definition) is 0. The zero-order chi connectivity index (χ0) is 32.9. The summed E-state index contributed by atoms with van der Waals surface area (Å²) in [5.74, 6) is 0.468. The Morgan fingerprint density at radius 2 is 1.33 bits per heavy atom. The molecule has 0 fully saturated rings. The third-order valence-electron chi connectivity index (χ3n) is 7.42. The van der Waals surface area contributed by atoms with Gasteiger partial charge >= 0.3 is 28.4 Å². The van der Waals surface area contributed by atoms with Crippen molar-refractivity contribution in [2.75, 3.05) is 0 Å². The van der Waals surface area contributed by atoms with Crippen LogP contribution >= 0.6 is 24.8 Å². The fourth-order valence-electron chi connectivity index (χ4n) is 5.14. The van der Waals surface area contributed by atoms with Gasteiger partial charge in [-0.3, -0.25) is 6.08 Å². The molecule has 0 saturated heterocycles. The van der Waals surface area contributed by atoms with Gasteiger partial charge in [0.25, 0.3) is 0 Å². The van der Waals surface area contributed by atoms with E-state index < -0.39 is 0 Å². The molecule has 0 bridgehead atoms. The van der Waals surface area contributed by atoms with Gasteiger partial charge in [-0.2, -0.15) is 78.7 Å². The van der Waals surface area contributed by atoms with Crippen molar-refractivity contribution in [2.45, 2.75) is 79.6 Å². The molecule has 0 N–H and O–H groups in total. The topological polar surface area (TPSA) is 0 Å². The monoisotopic (exact) mass is 728 g/mol. The first-order valence-electron chi connectivity index (χ1n) is 15.5. The van der Waals surface area contributed by atoms with E-state index in [1.54, 1.807) is 6.92 Å². The van der Waals surface area contributed by atoms with Gasteiger partial charge in [-0.25, -0.2) is 5.57 Å². The van der Waals surface area contributed by atoms with Crippen LogP contribution in [0, 0.1) is 31.1 Å². The van der Waals surface area contributed by atoms with Gasteiger partial charge in [-0.05, 0) is 28.4 Å². The van der Waals surface area contributed by atoms with Gasteiger partial charge in [-0.15, -0.1) is 41.5 Å². The van der Waals surface area contributed by atoms with Crippen LogP contribution in [0.5, 0.6) is 0 Å². The Balaban J connectivity index is 0.000000693. The Labute approximate surface area is 309 Å². The molecule has 4 aromatic carbocycles. The van der Waals surface area contributed by atoms with Gasteiger partial charge in [0.15, 0.2) is 0 Å². The Kier molecular flexibility index (Phi) is 19.8. The predicted octanol–water partition coefficient (Wildman–Crippen LogP) is 12.3. The SMILES string of the molecule is CC(C)(C)c1[c-]c2c(cc1)-c1ccc(C(C)(C)C)cc1C2.CC1=[C-]C(C)C=C1c1ccccc1.Cl.Cl.[CH2-]C.[CH2]=[Zr].[c-]1ccccc1. The maximum atomic E-state index is 3.67. The van der Waals surface area contributed by atoms with Crippen molar-refractivity contribution < 1.29 is 24.2 Å². The second-order valence-corrected chi connectivity index (χ2v) is 12.9. The molecule has 1 unspecified atom stereocenters. The average molecular weight is 731 g/mol. The molecule has 2 aliphatic rings. The fourth-order valence-corrected chi connectivity index (χ4v) is 5.14. The summed E-state index contributed by atoms with van der Waals surface area (Å²) in [4.78, 5) is 0. The molecule has 0 aliphatic heterocycles. The van der Waals surface area contributed by atoms with E-state index >= 15 is 0 Å². The van der Waals surface area contributed by atoms with Crippen LogP contribution < -0.4 is 0 Å². The molecule has 0 heterocycles. The minimum atomic E-state index is 0. The van der Waals surface area contributed by atoms with E-state index in [0.717, 1.165) is 6.42 Å². The molecule has 0 spiro atoms. The van der Waals surface area contributed by atoms with Gasteiger partial charge in [0.2, 0.25) is 0 Å². The fraction of sp³-hybridized carbons (Fsp3) is 0.302. The second-order valence-electron chi connectivity index (χ2n) is 12.9. The molecule has 0 saturated carbocycles. The Hall–Kier alpha value is -2.31. The maximum Gasteiger partial charge on any atom is -0.171 e. The standard InChI is InChI=1S/C21H25.C13H13.C6H5.C2H5.CH2.2ClH.Zr/c1-20(2,3)16-7-9-18-14(12-16)11-15-13-17(21(4,5)6)8-10-19(15)18;1-10-8-11(2)13(9-10)12-6-4-3-5-7-12;1-2-4-6-5-3-1;1-2;;;;/h7-10,12H,11H2,1-6H3;3-7,9-10H,1-2H3;1-5H;1H2,2H3;1H2;2*1H;/q4*-1;;;;. The molecule has 46 heavy (non-hydrogen) atoms. The van der Waals surface area contributed by atoms with Crippen molar-refractivity contribution in [1.82, 2.24) is 0 Å². The van der Waals surface area contributed by atoms with Crippen LogP contribution in [0.3, 0.4) is 0 Å². The summed E-state index contributed by atoms with van der Waals surface area (Å²) in [6.45, 7) is 22.9. The van der Waals surface area contributed by atoms with E-state index in [2.05, 4.69) is 145 Å². The largest absolute Gasteiger partial charge is 0.184 e. The summed E-state index contributed by atoms with van der Waals surface area (Å²) in [6, 6.07) is 38.2. The number of halogens is 2. The van der Waals surface area contributed by atoms with Crippen molar-refractivity contribution in [3.05, 3.63) is 156 Å². The van der Waals surface area contributed by atoms with Crippen LogP contribution in [0.25, 0.3) is 16.7 Å². The smallest absolute Gasteiger partial charge is 0.171 e. The first-order chi connectivity index (χ1) is 20.9. The van der Waals surface area contributed by atoms with Crippen LogP contribution in [0.15, 0.2) is 103 Å². The van der Waals surface area contributed by atoms with Crippen LogP contribution in [0.4, 0.5) is 0 Å². The Bertz CT molecular complexity index is 1420. The Morgan fingerprint density at radius 3 is 1.78 bits per heavy atom. The van der Waals surface area contributed by atoms with Crippen molar-refractivity contribution in [2.24, 2.45) is 5.92 Å². The summed E-state index contributed by atoms with van der Waals surface area (Å²) in [5, 5.41) is 0. The van der Waals surface area contributed by atoms with Crippen molar-refractivity contribution in [3.63, 3.8) is 0 Å². The van der Waals surface area contributed by atoms with Crippen LogP contribution in [0.1, 0.15) is 90.1 Å². The van der Waals surface area contributed by atoms with Gasteiger partial charge in [0.1, 0.15) is 0 Å². The van der Waals surface area contributed by atoms with E-state index in [9.17, 15) is 0 Å². The molecule has 6 rings (SSSR count).